The summed E-state index contributed by atoms with van der Waals surface area (Å²) in [4.78, 5) is 24.1. The lowest BCUT2D eigenvalue weighted by molar-refractivity contribution is 0.0691. The van der Waals surface area contributed by atoms with E-state index in [1.165, 1.54) is 12.3 Å². The lowest BCUT2D eigenvalue weighted by Gasteiger charge is -2.49. The lowest BCUT2D eigenvalue weighted by Crippen LogP contribution is -2.46. The van der Waals surface area contributed by atoms with Crippen LogP contribution in [0.1, 0.15) is 35.2 Å². The number of ether oxygens (including phenoxy) is 2. The fraction of sp³-hybridized carbons (Fsp3) is 0.280. The standard InChI is InChI=1S/C25H23NO5/c1-30-17-6-3-5-15(9-17)19-10-16-13-25(7-4-8-25)26-14-20(24(28)29)22(27)12-21(26)18(16)11-23(19)31-2/h3,5-6,9-12,14H,4,7-8,13H2,1-2H3,(H,28,29). The number of carboxylic acids is 1. The number of carbonyl (C=O) groups is 1. The second-order valence-electron chi connectivity index (χ2n) is 8.31. The molecule has 6 heteroatoms. The maximum atomic E-state index is 12.5. The van der Waals surface area contributed by atoms with Gasteiger partial charge in [0.25, 0.3) is 0 Å². The van der Waals surface area contributed by atoms with Gasteiger partial charge in [-0.05, 0) is 61.1 Å². The predicted molar refractivity (Wildman–Crippen MR) is 117 cm³/mol. The van der Waals surface area contributed by atoms with E-state index >= 15 is 0 Å². The minimum Gasteiger partial charge on any atom is -0.497 e. The van der Waals surface area contributed by atoms with Gasteiger partial charge in [-0.25, -0.2) is 4.79 Å². The number of hydrogen-bond acceptors (Lipinski definition) is 4. The summed E-state index contributed by atoms with van der Waals surface area (Å²) in [5.41, 5.74) is 3.93. The summed E-state index contributed by atoms with van der Waals surface area (Å²) < 4.78 is 13.1. The molecule has 158 valence electrons. The SMILES string of the molecule is COc1cccc(-c2cc3c(cc2OC)-c2cc(=O)c(C(=O)O)cn2C2(CCC2)C3)c1. The Bertz CT molecular complexity index is 1270. The van der Waals surface area contributed by atoms with E-state index in [0.717, 1.165) is 59.4 Å². The molecule has 3 aromatic rings. The zero-order valence-electron chi connectivity index (χ0n) is 17.5. The van der Waals surface area contributed by atoms with Crippen LogP contribution in [0.15, 0.2) is 53.5 Å². The first kappa shape index (κ1) is 19.4. The van der Waals surface area contributed by atoms with Crippen LogP contribution in [0.5, 0.6) is 11.5 Å². The molecule has 2 aliphatic rings. The lowest BCUT2D eigenvalue weighted by atomic mass is 9.69. The minimum atomic E-state index is -1.19. The van der Waals surface area contributed by atoms with Crippen LogP contribution in [0.2, 0.25) is 0 Å². The van der Waals surface area contributed by atoms with Gasteiger partial charge >= 0.3 is 5.97 Å². The zero-order chi connectivity index (χ0) is 21.8. The van der Waals surface area contributed by atoms with E-state index in [1.54, 1.807) is 14.2 Å². The second kappa shape index (κ2) is 7.01. The molecule has 6 nitrogen and oxygen atoms in total. The average Bonchev–Trinajstić information content (AvgIpc) is 2.75. The molecule has 0 bridgehead atoms. The van der Waals surface area contributed by atoms with Crippen molar-refractivity contribution in [3.63, 3.8) is 0 Å². The number of carboxylic acid groups (broad SMARTS) is 1. The molecule has 1 aliphatic heterocycles. The van der Waals surface area contributed by atoms with E-state index in [4.69, 9.17) is 9.47 Å². The highest BCUT2D eigenvalue weighted by molar-refractivity contribution is 5.88. The summed E-state index contributed by atoms with van der Waals surface area (Å²) in [5, 5.41) is 9.47. The molecule has 0 atom stereocenters. The van der Waals surface area contributed by atoms with Crippen LogP contribution in [0, 0.1) is 0 Å². The van der Waals surface area contributed by atoms with E-state index in [2.05, 4.69) is 6.07 Å². The number of nitrogens with zero attached hydrogens (tertiary/aromatic N) is 1. The third kappa shape index (κ3) is 2.93. The number of hydrogen-bond donors (Lipinski definition) is 1. The first-order valence-corrected chi connectivity index (χ1v) is 10.3. The summed E-state index contributed by atoms with van der Waals surface area (Å²) in [6.07, 6.45) is 5.33. The number of pyridine rings is 1. The van der Waals surface area contributed by atoms with Crippen LogP contribution in [0.4, 0.5) is 0 Å². The molecule has 2 aromatic carbocycles. The first-order valence-electron chi connectivity index (χ1n) is 10.3. The summed E-state index contributed by atoms with van der Waals surface area (Å²) in [6.45, 7) is 0. The Morgan fingerprint density at radius 3 is 2.52 bits per heavy atom. The minimum absolute atomic E-state index is 0.180. The van der Waals surface area contributed by atoms with Crippen LogP contribution < -0.4 is 14.9 Å². The van der Waals surface area contributed by atoms with Gasteiger partial charge in [0.05, 0.1) is 19.9 Å². The normalized spacial score (nSPS) is 15.5. The van der Waals surface area contributed by atoms with E-state index in [0.29, 0.717) is 5.75 Å². The van der Waals surface area contributed by atoms with Gasteiger partial charge in [-0.2, -0.15) is 0 Å². The summed E-state index contributed by atoms with van der Waals surface area (Å²) in [7, 11) is 3.27. The van der Waals surface area contributed by atoms with E-state index < -0.39 is 11.4 Å². The van der Waals surface area contributed by atoms with Gasteiger partial charge in [-0.1, -0.05) is 12.1 Å². The van der Waals surface area contributed by atoms with Crippen molar-refractivity contribution in [1.82, 2.24) is 4.57 Å². The molecule has 1 aromatic heterocycles. The highest BCUT2D eigenvalue weighted by Crippen LogP contribution is 2.50. The first-order chi connectivity index (χ1) is 15.0. The smallest absolute Gasteiger partial charge is 0.341 e. The largest absolute Gasteiger partial charge is 0.497 e. The van der Waals surface area contributed by atoms with Gasteiger partial charge in [0, 0.05) is 28.9 Å². The quantitative estimate of drug-likeness (QED) is 0.684. The Balaban J connectivity index is 1.74. The van der Waals surface area contributed by atoms with Gasteiger partial charge in [0.1, 0.15) is 17.1 Å². The Morgan fingerprint density at radius 1 is 1.06 bits per heavy atom. The average molecular weight is 417 g/mol. The molecule has 0 radical (unpaired) electrons. The van der Waals surface area contributed by atoms with Crippen LogP contribution >= 0.6 is 0 Å². The summed E-state index contributed by atoms with van der Waals surface area (Å²) >= 11 is 0. The topological polar surface area (TPSA) is 77.8 Å². The Morgan fingerprint density at radius 2 is 1.87 bits per heavy atom. The summed E-state index contributed by atoms with van der Waals surface area (Å²) in [6, 6.07) is 13.4. The Hall–Kier alpha value is -3.54. The monoisotopic (exact) mass is 417 g/mol. The van der Waals surface area contributed by atoms with Gasteiger partial charge < -0.3 is 19.1 Å². The predicted octanol–water partition coefficient (Wildman–Crippen LogP) is 4.33. The van der Waals surface area contributed by atoms with Crippen molar-refractivity contribution in [1.29, 1.82) is 0 Å². The van der Waals surface area contributed by atoms with Gasteiger partial charge in [0.2, 0.25) is 0 Å². The molecule has 1 spiro atoms. The molecule has 31 heavy (non-hydrogen) atoms. The number of aromatic carboxylic acids is 1. The van der Waals surface area contributed by atoms with Gasteiger partial charge in [-0.15, -0.1) is 0 Å². The molecule has 0 unspecified atom stereocenters. The second-order valence-corrected chi connectivity index (χ2v) is 8.31. The van der Waals surface area contributed by atoms with E-state index in [9.17, 15) is 14.7 Å². The number of benzene rings is 2. The highest BCUT2D eigenvalue weighted by atomic mass is 16.5. The Labute approximate surface area is 179 Å². The number of rotatable bonds is 4. The van der Waals surface area contributed by atoms with Gasteiger partial charge in [0.15, 0.2) is 5.43 Å². The number of methoxy groups -OCH3 is 2. The summed E-state index contributed by atoms with van der Waals surface area (Å²) in [5.74, 6) is 0.273. The fourth-order valence-corrected chi connectivity index (χ4v) is 4.93. The number of fused-ring (bicyclic) bond motifs is 4. The van der Waals surface area contributed by atoms with Crippen molar-refractivity contribution in [3.05, 3.63) is 70.0 Å². The van der Waals surface area contributed by atoms with Crippen molar-refractivity contribution in [2.45, 2.75) is 31.2 Å². The van der Waals surface area contributed by atoms with Gasteiger partial charge in [-0.3, -0.25) is 4.79 Å². The van der Waals surface area contributed by atoms with Crippen molar-refractivity contribution in [3.8, 4) is 33.9 Å². The molecular weight excluding hydrogens is 394 g/mol. The van der Waals surface area contributed by atoms with Crippen LogP contribution in [0.25, 0.3) is 22.4 Å². The third-order valence-electron chi connectivity index (χ3n) is 6.68. The maximum Gasteiger partial charge on any atom is 0.341 e. The van der Waals surface area contributed by atoms with Crippen molar-refractivity contribution < 1.29 is 19.4 Å². The van der Waals surface area contributed by atoms with Crippen LogP contribution in [-0.4, -0.2) is 29.9 Å². The Kier molecular flexibility index (Phi) is 4.39. The molecule has 0 saturated heterocycles. The van der Waals surface area contributed by atoms with Crippen LogP contribution in [0.3, 0.4) is 0 Å². The zero-order valence-corrected chi connectivity index (χ0v) is 17.5. The van der Waals surface area contributed by atoms with E-state index in [1.807, 2.05) is 34.9 Å². The molecule has 5 rings (SSSR count). The van der Waals surface area contributed by atoms with Crippen LogP contribution in [-0.2, 0) is 12.0 Å². The third-order valence-corrected chi connectivity index (χ3v) is 6.68. The van der Waals surface area contributed by atoms with Crippen molar-refractivity contribution >= 4 is 5.97 Å². The maximum absolute atomic E-state index is 12.5. The van der Waals surface area contributed by atoms with Crippen molar-refractivity contribution in [2.75, 3.05) is 14.2 Å². The van der Waals surface area contributed by atoms with Crippen molar-refractivity contribution in [2.24, 2.45) is 0 Å². The molecule has 2 heterocycles. The molecule has 1 aliphatic carbocycles. The molecule has 1 N–H and O–H groups in total. The molecule has 1 saturated carbocycles. The fourth-order valence-electron chi connectivity index (χ4n) is 4.93. The molecule has 1 fully saturated rings. The highest BCUT2D eigenvalue weighted by Gasteiger charge is 2.43. The molecular formula is C25H23NO5. The van der Waals surface area contributed by atoms with E-state index in [-0.39, 0.29) is 11.1 Å². The molecule has 0 amide bonds. The number of aromatic nitrogens is 1.